The van der Waals surface area contributed by atoms with Gasteiger partial charge in [-0.1, -0.05) is 6.92 Å². The Hall–Kier alpha value is -1.46. The van der Waals surface area contributed by atoms with Crippen LogP contribution in [0.4, 0.5) is 0 Å². The maximum Gasteiger partial charge on any atom is 0.390 e. The van der Waals surface area contributed by atoms with Crippen LogP contribution in [0.2, 0.25) is 0 Å². The molecule has 1 unspecified atom stereocenters. The lowest BCUT2D eigenvalue weighted by molar-refractivity contribution is -0.539. The molecule has 0 fully saturated rings. The number of ketones is 1. The lowest BCUT2D eigenvalue weighted by Crippen LogP contribution is -2.52. The maximum atomic E-state index is 10.9. The molecule has 1 atom stereocenters. The van der Waals surface area contributed by atoms with Crippen LogP contribution in [0.25, 0.3) is 0 Å². The van der Waals surface area contributed by atoms with Gasteiger partial charge in [0.2, 0.25) is 5.78 Å². The van der Waals surface area contributed by atoms with E-state index in [1.807, 2.05) is 0 Å². The summed E-state index contributed by atoms with van der Waals surface area (Å²) in [6, 6.07) is 0. The summed E-state index contributed by atoms with van der Waals surface area (Å²) in [5.74, 6) is -2.63. The first-order valence-corrected chi connectivity index (χ1v) is 3.78. The van der Waals surface area contributed by atoms with Gasteiger partial charge in [0.25, 0.3) is 0 Å². The maximum absolute atomic E-state index is 10.9. The van der Waals surface area contributed by atoms with Crippen molar-refractivity contribution in [2.45, 2.75) is 32.2 Å². The monoisotopic (exact) mass is 189 g/mol. The Bertz CT molecular complexity index is 211. The van der Waals surface area contributed by atoms with Gasteiger partial charge in [0.05, 0.1) is 0 Å². The Labute approximate surface area is 74.7 Å². The number of hydrogen-bond acceptors (Lipinski definition) is 4. The van der Waals surface area contributed by atoms with Crippen molar-refractivity contribution in [2.24, 2.45) is 0 Å². The summed E-state index contributed by atoms with van der Waals surface area (Å²) >= 11 is 0. The Kier molecular flexibility index (Phi) is 3.53. The number of aliphatic carboxylic acids is 1. The minimum Gasteiger partial charge on any atom is -0.476 e. The molecular weight excluding hydrogens is 178 g/mol. The standard InChI is InChI=1S/C7H11NO5/c1-3-4-7(5(2)9,6(10)11)8(12)13/h3-4H2,1-2H3,(H,10,11). The highest BCUT2D eigenvalue weighted by atomic mass is 16.6. The van der Waals surface area contributed by atoms with Gasteiger partial charge in [-0.3, -0.25) is 14.9 Å². The van der Waals surface area contributed by atoms with E-state index in [1.165, 1.54) is 0 Å². The van der Waals surface area contributed by atoms with Gasteiger partial charge in [-0.2, -0.15) is 0 Å². The quantitative estimate of drug-likeness (QED) is 0.385. The summed E-state index contributed by atoms with van der Waals surface area (Å²) in [4.78, 5) is 31.0. The number of carbonyl (C=O) groups excluding carboxylic acids is 1. The number of rotatable bonds is 5. The van der Waals surface area contributed by atoms with E-state index in [-0.39, 0.29) is 12.8 Å². The van der Waals surface area contributed by atoms with Gasteiger partial charge in [0.1, 0.15) is 0 Å². The molecule has 6 heteroatoms. The first-order chi connectivity index (χ1) is 5.89. The van der Waals surface area contributed by atoms with Crippen LogP contribution < -0.4 is 0 Å². The van der Waals surface area contributed by atoms with E-state index in [4.69, 9.17) is 5.11 Å². The Balaban J connectivity index is 5.18. The zero-order valence-electron chi connectivity index (χ0n) is 7.44. The van der Waals surface area contributed by atoms with E-state index >= 15 is 0 Å². The molecule has 0 aliphatic rings. The number of hydrogen-bond donors (Lipinski definition) is 1. The SMILES string of the molecule is CCCC(C(C)=O)(C(=O)O)[N+](=O)[O-]. The van der Waals surface area contributed by atoms with E-state index in [9.17, 15) is 19.7 Å². The highest BCUT2D eigenvalue weighted by Gasteiger charge is 2.55. The van der Waals surface area contributed by atoms with Crippen LogP contribution in [-0.4, -0.2) is 27.3 Å². The molecule has 0 bridgehead atoms. The van der Waals surface area contributed by atoms with E-state index in [0.717, 1.165) is 6.92 Å². The van der Waals surface area contributed by atoms with Gasteiger partial charge in [0.15, 0.2) is 0 Å². The molecule has 0 rings (SSSR count). The van der Waals surface area contributed by atoms with E-state index in [0.29, 0.717) is 0 Å². The summed E-state index contributed by atoms with van der Waals surface area (Å²) in [7, 11) is 0. The highest BCUT2D eigenvalue weighted by molar-refractivity contribution is 6.04. The molecule has 0 aromatic heterocycles. The van der Waals surface area contributed by atoms with Gasteiger partial charge in [-0.05, 0) is 6.42 Å². The minimum atomic E-state index is -2.45. The third-order valence-corrected chi connectivity index (χ3v) is 1.86. The number of Topliss-reactive ketones (excluding diaryl/α,β-unsaturated/α-hetero) is 1. The van der Waals surface area contributed by atoms with Crippen LogP contribution in [0.5, 0.6) is 0 Å². The summed E-state index contributed by atoms with van der Waals surface area (Å²) in [5.41, 5.74) is -2.45. The van der Waals surface area contributed by atoms with Crippen molar-refractivity contribution in [3.63, 3.8) is 0 Å². The van der Waals surface area contributed by atoms with Crippen LogP contribution in [0, 0.1) is 10.1 Å². The van der Waals surface area contributed by atoms with Gasteiger partial charge in [-0.15, -0.1) is 0 Å². The Morgan fingerprint density at radius 1 is 1.54 bits per heavy atom. The number of nitrogens with zero attached hydrogens (tertiary/aromatic N) is 1. The number of carboxylic acid groups (broad SMARTS) is 1. The van der Waals surface area contributed by atoms with E-state index in [1.54, 1.807) is 6.92 Å². The molecule has 6 nitrogen and oxygen atoms in total. The third-order valence-electron chi connectivity index (χ3n) is 1.86. The topological polar surface area (TPSA) is 97.5 Å². The second-order valence-electron chi connectivity index (χ2n) is 2.73. The first kappa shape index (κ1) is 11.5. The second kappa shape index (κ2) is 3.97. The first-order valence-electron chi connectivity index (χ1n) is 3.78. The third kappa shape index (κ3) is 1.82. The minimum absolute atomic E-state index is 0.271. The molecule has 1 N–H and O–H groups in total. The smallest absolute Gasteiger partial charge is 0.390 e. The van der Waals surface area contributed by atoms with Gasteiger partial charge >= 0.3 is 11.5 Å². The molecule has 0 amide bonds. The van der Waals surface area contributed by atoms with Crippen molar-refractivity contribution in [1.82, 2.24) is 0 Å². The molecule has 74 valence electrons. The lowest BCUT2D eigenvalue weighted by atomic mass is 9.90. The lowest BCUT2D eigenvalue weighted by Gasteiger charge is -2.16. The molecule has 0 aromatic carbocycles. The predicted molar refractivity (Wildman–Crippen MR) is 43.0 cm³/mol. The van der Waals surface area contributed by atoms with Crippen molar-refractivity contribution < 1.29 is 19.6 Å². The number of carbonyl (C=O) groups is 2. The van der Waals surface area contributed by atoms with Crippen molar-refractivity contribution in [2.75, 3.05) is 0 Å². The molecule has 0 radical (unpaired) electrons. The summed E-state index contributed by atoms with van der Waals surface area (Å²) in [6.45, 7) is 2.51. The largest absolute Gasteiger partial charge is 0.476 e. The molecule has 13 heavy (non-hydrogen) atoms. The fraction of sp³-hybridized carbons (Fsp3) is 0.714. The Morgan fingerprint density at radius 3 is 2.08 bits per heavy atom. The van der Waals surface area contributed by atoms with E-state index < -0.39 is 22.2 Å². The van der Waals surface area contributed by atoms with E-state index in [2.05, 4.69) is 0 Å². The summed E-state index contributed by atoms with van der Waals surface area (Å²) in [6.07, 6.45) is -0.00245. The fourth-order valence-corrected chi connectivity index (χ4v) is 1.09. The molecule has 0 aliphatic carbocycles. The van der Waals surface area contributed by atoms with Crippen molar-refractivity contribution in [3.05, 3.63) is 10.1 Å². The number of carboxylic acids is 1. The molecular formula is C7H11NO5. The summed E-state index contributed by atoms with van der Waals surface area (Å²) < 4.78 is 0. The van der Waals surface area contributed by atoms with Crippen LogP contribution in [0.1, 0.15) is 26.7 Å². The predicted octanol–water partition coefficient (Wildman–Crippen LogP) is 0.476. The average molecular weight is 189 g/mol. The van der Waals surface area contributed by atoms with Crippen LogP contribution in [0.15, 0.2) is 0 Å². The second-order valence-corrected chi connectivity index (χ2v) is 2.73. The fourth-order valence-electron chi connectivity index (χ4n) is 1.09. The molecule has 0 heterocycles. The van der Waals surface area contributed by atoms with Crippen molar-refractivity contribution in [1.29, 1.82) is 0 Å². The van der Waals surface area contributed by atoms with Gasteiger partial charge in [-0.25, -0.2) is 4.79 Å². The summed E-state index contributed by atoms with van der Waals surface area (Å²) in [5, 5.41) is 19.1. The zero-order valence-corrected chi connectivity index (χ0v) is 7.44. The molecule has 0 aliphatic heterocycles. The van der Waals surface area contributed by atoms with Crippen LogP contribution in [0.3, 0.4) is 0 Å². The highest BCUT2D eigenvalue weighted by Crippen LogP contribution is 2.19. The Morgan fingerprint density at radius 2 is 2.00 bits per heavy atom. The normalized spacial score (nSPS) is 14.6. The molecule has 0 aromatic rings. The van der Waals surface area contributed by atoms with Gasteiger partial charge < -0.3 is 5.11 Å². The molecule has 0 saturated heterocycles. The zero-order chi connectivity index (χ0) is 10.6. The van der Waals surface area contributed by atoms with Gasteiger partial charge in [0, 0.05) is 18.3 Å². The van der Waals surface area contributed by atoms with Crippen LogP contribution >= 0.6 is 0 Å². The van der Waals surface area contributed by atoms with Crippen molar-refractivity contribution in [3.8, 4) is 0 Å². The average Bonchev–Trinajstić information content (AvgIpc) is 1.97. The van der Waals surface area contributed by atoms with Crippen molar-refractivity contribution >= 4 is 11.8 Å². The van der Waals surface area contributed by atoms with Crippen LogP contribution in [-0.2, 0) is 9.59 Å². The molecule has 0 spiro atoms. The molecule has 0 saturated carbocycles. The number of nitro groups is 1.